The van der Waals surface area contributed by atoms with Crippen molar-refractivity contribution < 1.29 is 19.0 Å². The molecule has 5 aromatic rings. The Balaban J connectivity index is 1.46. The van der Waals surface area contributed by atoms with Gasteiger partial charge in [-0.05, 0) is 34.9 Å². The number of hydrogen-bond acceptors (Lipinski definition) is 4. The van der Waals surface area contributed by atoms with E-state index in [-0.39, 0.29) is 6.61 Å². The summed E-state index contributed by atoms with van der Waals surface area (Å²) in [5, 5.41) is 1.67. The molecule has 0 saturated heterocycles. The predicted octanol–water partition coefficient (Wildman–Crippen LogP) is 7.35. The second-order valence-electron chi connectivity index (χ2n) is 8.40. The third-order valence-corrected chi connectivity index (χ3v) is 5.87. The number of carbonyl (C=O) groups excluding carboxylic acids is 1. The first-order valence-corrected chi connectivity index (χ1v) is 11.9. The molecule has 0 N–H and O–H groups in total. The highest BCUT2D eigenvalue weighted by atomic mass is 16.5. The summed E-state index contributed by atoms with van der Waals surface area (Å²) in [5.41, 5.74) is 3.40. The van der Waals surface area contributed by atoms with Crippen LogP contribution in [0.2, 0.25) is 0 Å². The van der Waals surface area contributed by atoms with Crippen molar-refractivity contribution in [2.75, 3.05) is 0 Å². The molecular weight excluding hydrogens is 448 g/mol. The summed E-state index contributed by atoms with van der Waals surface area (Å²) >= 11 is 0. The molecule has 36 heavy (non-hydrogen) atoms. The maximum Gasteiger partial charge on any atom is 0.342 e. The van der Waals surface area contributed by atoms with Gasteiger partial charge >= 0.3 is 5.97 Å². The van der Waals surface area contributed by atoms with Gasteiger partial charge in [-0.3, -0.25) is 0 Å². The van der Waals surface area contributed by atoms with Crippen molar-refractivity contribution in [3.05, 3.63) is 144 Å². The van der Waals surface area contributed by atoms with Gasteiger partial charge in [0.15, 0.2) is 0 Å². The van der Waals surface area contributed by atoms with Crippen LogP contribution in [0.15, 0.2) is 121 Å². The quantitative estimate of drug-likeness (QED) is 0.209. The molecule has 0 atom stereocenters. The fourth-order valence-corrected chi connectivity index (χ4v) is 4.01. The zero-order chi connectivity index (χ0) is 24.6. The maximum atomic E-state index is 13.2. The Kier molecular flexibility index (Phi) is 7.24. The third kappa shape index (κ3) is 5.56. The third-order valence-electron chi connectivity index (χ3n) is 5.87. The van der Waals surface area contributed by atoms with Crippen LogP contribution in [-0.4, -0.2) is 5.97 Å². The van der Waals surface area contributed by atoms with E-state index in [0.29, 0.717) is 24.5 Å². The number of esters is 1. The Morgan fingerprint density at radius 3 is 1.67 bits per heavy atom. The van der Waals surface area contributed by atoms with Gasteiger partial charge in [0.25, 0.3) is 0 Å². The van der Waals surface area contributed by atoms with Crippen LogP contribution in [0, 0.1) is 0 Å². The normalized spacial score (nSPS) is 10.7. The molecule has 5 rings (SSSR count). The molecule has 0 radical (unpaired) electrons. The van der Waals surface area contributed by atoms with Crippen LogP contribution in [0.25, 0.3) is 10.8 Å². The number of hydrogen-bond donors (Lipinski definition) is 0. The van der Waals surface area contributed by atoms with Gasteiger partial charge in [-0.2, -0.15) is 0 Å². The monoisotopic (exact) mass is 474 g/mol. The topological polar surface area (TPSA) is 44.8 Å². The lowest BCUT2D eigenvalue weighted by atomic mass is 10.0. The maximum absolute atomic E-state index is 13.2. The molecule has 5 aromatic carbocycles. The van der Waals surface area contributed by atoms with Gasteiger partial charge < -0.3 is 14.2 Å². The van der Waals surface area contributed by atoms with Gasteiger partial charge in [0.05, 0.1) is 0 Å². The van der Waals surface area contributed by atoms with Crippen LogP contribution in [0.4, 0.5) is 0 Å². The van der Waals surface area contributed by atoms with Crippen LogP contribution in [0.1, 0.15) is 27.0 Å². The molecule has 4 nitrogen and oxygen atoms in total. The number of rotatable bonds is 9. The Morgan fingerprint density at radius 1 is 0.500 bits per heavy atom. The van der Waals surface area contributed by atoms with Crippen molar-refractivity contribution in [1.29, 1.82) is 0 Å². The fourth-order valence-electron chi connectivity index (χ4n) is 4.01. The van der Waals surface area contributed by atoms with Crippen LogP contribution < -0.4 is 9.47 Å². The Morgan fingerprint density at radius 2 is 1.06 bits per heavy atom. The first kappa shape index (κ1) is 23.2. The highest BCUT2D eigenvalue weighted by Crippen LogP contribution is 2.36. The molecule has 0 spiro atoms. The van der Waals surface area contributed by atoms with Crippen LogP contribution >= 0.6 is 0 Å². The molecule has 0 amide bonds. The van der Waals surface area contributed by atoms with E-state index in [1.165, 1.54) is 0 Å². The largest absolute Gasteiger partial charge is 0.488 e. The molecule has 0 heterocycles. The summed E-state index contributed by atoms with van der Waals surface area (Å²) < 4.78 is 18.1. The van der Waals surface area contributed by atoms with E-state index < -0.39 is 5.97 Å². The lowest BCUT2D eigenvalue weighted by Gasteiger charge is -2.16. The first-order chi connectivity index (χ1) is 17.8. The molecule has 0 aliphatic heterocycles. The van der Waals surface area contributed by atoms with Crippen molar-refractivity contribution in [1.82, 2.24) is 0 Å². The molecule has 0 unspecified atom stereocenters. The minimum absolute atomic E-state index is 0.191. The van der Waals surface area contributed by atoms with Crippen molar-refractivity contribution >= 4 is 16.7 Å². The number of benzene rings is 5. The van der Waals surface area contributed by atoms with Crippen molar-refractivity contribution in [3.8, 4) is 11.5 Å². The molecule has 4 heteroatoms. The van der Waals surface area contributed by atoms with Crippen molar-refractivity contribution in [2.45, 2.75) is 19.8 Å². The van der Waals surface area contributed by atoms with E-state index in [9.17, 15) is 4.79 Å². The zero-order valence-electron chi connectivity index (χ0n) is 19.8. The fraction of sp³-hybridized carbons (Fsp3) is 0.0938. The Hall–Kier alpha value is -4.57. The highest BCUT2D eigenvalue weighted by Gasteiger charge is 2.19. The van der Waals surface area contributed by atoms with Crippen LogP contribution in [0.5, 0.6) is 11.5 Å². The molecule has 0 saturated carbocycles. The van der Waals surface area contributed by atoms with E-state index in [0.717, 1.165) is 33.2 Å². The van der Waals surface area contributed by atoms with Gasteiger partial charge in [-0.15, -0.1) is 0 Å². The molecule has 0 aliphatic rings. The van der Waals surface area contributed by atoms with Crippen molar-refractivity contribution in [2.24, 2.45) is 0 Å². The van der Waals surface area contributed by atoms with E-state index in [1.54, 1.807) is 6.07 Å². The molecule has 0 bridgehead atoms. The molecule has 0 fully saturated rings. The summed E-state index contributed by atoms with van der Waals surface area (Å²) in [6.45, 7) is 0.963. The second-order valence-corrected chi connectivity index (χ2v) is 8.40. The van der Waals surface area contributed by atoms with E-state index in [2.05, 4.69) is 0 Å². The lowest BCUT2D eigenvalue weighted by molar-refractivity contribution is 0.0468. The summed E-state index contributed by atoms with van der Waals surface area (Å²) in [7, 11) is 0. The number of ether oxygens (including phenoxy) is 3. The molecule has 0 aliphatic carbocycles. The van der Waals surface area contributed by atoms with Gasteiger partial charge in [-0.25, -0.2) is 4.79 Å². The van der Waals surface area contributed by atoms with E-state index in [1.807, 2.05) is 115 Å². The van der Waals surface area contributed by atoms with Crippen molar-refractivity contribution in [3.63, 3.8) is 0 Å². The summed E-state index contributed by atoms with van der Waals surface area (Å²) in [6, 6.07) is 39.0. The minimum atomic E-state index is -0.431. The first-order valence-electron chi connectivity index (χ1n) is 11.9. The highest BCUT2D eigenvalue weighted by molar-refractivity contribution is 6.03. The van der Waals surface area contributed by atoms with Gasteiger partial charge in [0.2, 0.25) is 0 Å². The molecular formula is C32H26O4. The molecule has 178 valence electrons. The second kappa shape index (κ2) is 11.2. The Labute approximate surface area is 210 Å². The predicted molar refractivity (Wildman–Crippen MR) is 141 cm³/mol. The smallest absolute Gasteiger partial charge is 0.342 e. The van der Waals surface area contributed by atoms with Gasteiger partial charge in [0, 0.05) is 10.8 Å². The Bertz CT molecular complexity index is 1430. The number of carbonyl (C=O) groups is 1. The standard InChI is InChI=1S/C32H26O4/c33-32(36-23-26-15-8-3-9-16-26)29-20-19-27-28(31(29)35-22-25-13-6-2-7-14-25)17-10-18-30(27)34-21-24-11-4-1-5-12-24/h1-20H,21-23H2. The number of fused-ring (bicyclic) bond motifs is 1. The lowest BCUT2D eigenvalue weighted by Crippen LogP contribution is -2.09. The average Bonchev–Trinajstić information content (AvgIpc) is 2.95. The summed E-state index contributed by atoms with van der Waals surface area (Å²) in [4.78, 5) is 13.2. The summed E-state index contributed by atoms with van der Waals surface area (Å²) in [5.74, 6) is 0.782. The van der Waals surface area contributed by atoms with Gasteiger partial charge in [-0.1, -0.05) is 103 Å². The van der Waals surface area contributed by atoms with Gasteiger partial charge in [0.1, 0.15) is 36.9 Å². The van der Waals surface area contributed by atoms with E-state index in [4.69, 9.17) is 14.2 Å². The van der Waals surface area contributed by atoms with Crippen LogP contribution in [0.3, 0.4) is 0 Å². The van der Waals surface area contributed by atoms with Crippen LogP contribution in [-0.2, 0) is 24.6 Å². The summed E-state index contributed by atoms with van der Waals surface area (Å²) in [6.07, 6.45) is 0. The molecule has 0 aromatic heterocycles. The SMILES string of the molecule is O=C(OCc1ccccc1)c1ccc2c(OCc3ccccc3)cccc2c1OCc1ccccc1. The average molecular weight is 475 g/mol. The minimum Gasteiger partial charge on any atom is -0.488 e. The zero-order valence-corrected chi connectivity index (χ0v) is 19.8. The van der Waals surface area contributed by atoms with E-state index >= 15 is 0 Å².